The molecule has 1 saturated heterocycles. The summed E-state index contributed by atoms with van der Waals surface area (Å²) >= 11 is 5.81. The van der Waals surface area contributed by atoms with E-state index in [1.807, 2.05) is 42.6 Å². The van der Waals surface area contributed by atoms with Crippen molar-refractivity contribution in [2.24, 2.45) is 0 Å². The standard InChI is InChI=1S/C26H25N5OS/c1-16-11-13-28-23(14-16)30-17(2)15-21(18(30)3)25-24(22-6-4-5-12-27-22)29-26(33)31(25)19-7-9-20(32)10-8-19/h4-15,24-25,32H,1-3H3,(H,29,33)/t24-,25-/m1/s1. The minimum absolute atomic E-state index is 0.123. The molecule has 2 atom stereocenters. The molecule has 0 amide bonds. The van der Waals surface area contributed by atoms with Gasteiger partial charge in [0, 0.05) is 29.5 Å². The molecule has 4 aromatic rings. The Hall–Kier alpha value is -3.71. The molecule has 1 aliphatic rings. The van der Waals surface area contributed by atoms with Gasteiger partial charge in [0.15, 0.2) is 5.11 Å². The number of aromatic hydroxyl groups is 1. The first kappa shape index (κ1) is 21.2. The van der Waals surface area contributed by atoms with E-state index in [0.717, 1.165) is 39.7 Å². The lowest BCUT2D eigenvalue weighted by molar-refractivity contribution is 0.475. The molecule has 5 rings (SSSR count). The second-order valence-electron chi connectivity index (χ2n) is 8.37. The third kappa shape index (κ3) is 3.74. The highest BCUT2D eigenvalue weighted by Crippen LogP contribution is 2.43. The average Bonchev–Trinajstić information content (AvgIpc) is 3.30. The Morgan fingerprint density at radius 2 is 1.73 bits per heavy atom. The van der Waals surface area contributed by atoms with Gasteiger partial charge in [0.2, 0.25) is 0 Å². The zero-order valence-electron chi connectivity index (χ0n) is 18.7. The summed E-state index contributed by atoms with van der Waals surface area (Å²) in [7, 11) is 0. The van der Waals surface area contributed by atoms with E-state index < -0.39 is 0 Å². The molecule has 0 bridgehead atoms. The first-order valence-corrected chi connectivity index (χ1v) is 11.3. The number of nitrogens with one attached hydrogen (secondary N) is 1. The lowest BCUT2D eigenvalue weighted by atomic mass is 9.96. The Morgan fingerprint density at radius 1 is 0.939 bits per heavy atom. The van der Waals surface area contributed by atoms with Crippen molar-refractivity contribution in [3.8, 4) is 11.6 Å². The molecule has 0 aliphatic carbocycles. The highest BCUT2D eigenvalue weighted by molar-refractivity contribution is 7.80. The molecule has 4 heterocycles. The number of anilines is 1. The average molecular weight is 456 g/mol. The summed E-state index contributed by atoms with van der Waals surface area (Å²) in [5.41, 5.74) is 6.34. The third-order valence-corrected chi connectivity index (χ3v) is 6.46. The number of nitrogens with zero attached hydrogens (tertiary/aromatic N) is 4. The number of benzene rings is 1. The predicted molar refractivity (Wildman–Crippen MR) is 134 cm³/mol. The molecule has 1 aliphatic heterocycles. The zero-order valence-corrected chi connectivity index (χ0v) is 19.5. The van der Waals surface area contributed by atoms with E-state index in [-0.39, 0.29) is 17.8 Å². The number of aryl methyl sites for hydroxylation is 2. The van der Waals surface area contributed by atoms with Crippen LogP contribution < -0.4 is 10.2 Å². The number of phenols is 1. The Labute approximate surface area is 198 Å². The van der Waals surface area contributed by atoms with Crippen molar-refractivity contribution < 1.29 is 5.11 Å². The Morgan fingerprint density at radius 3 is 2.42 bits per heavy atom. The van der Waals surface area contributed by atoms with Crippen molar-refractivity contribution in [3.05, 3.63) is 101 Å². The maximum Gasteiger partial charge on any atom is 0.174 e. The lowest BCUT2D eigenvalue weighted by Crippen LogP contribution is -2.29. The molecule has 3 aromatic heterocycles. The van der Waals surface area contributed by atoms with Gasteiger partial charge in [0.1, 0.15) is 11.6 Å². The van der Waals surface area contributed by atoms with Crippen LogP contribution in [-0.2, 0) is 0 Å². The van der Waals surface area contributed by atoms with Crippen LogP contribution in [0.25, 0.3) is 5.82 Å². The van der Waals surface area contributed by atoms with Crippen LogP contribution in [0.5, 0.6) is 5.75 Å². The number of thiocarbonyl (C=S) groups is 1. The van der Waals surface area contributed by atoms with Crippen LogP contribution in [0, 0.1) is 20.8 Å². The number of rotatable bonds is 4. The normalized spacial score (nSPS) is 17.9. The summed E-state index contributed by atoms with van der Waals surface area (Å²) < 4.78 is 2.19. The molecular weight excluding hydrogens is 430 g/mol. The summed E-state index contributed by atoms with van der Waals surface area (Å²) in [6.45, 7) is 6.29. The van der Waals surface area contributed by atoms with Crippen molar-refractivity contribution in [2.45, 2.75) is 32.9 Å². The number of pyridine rings is 2. The van der Waals surface area contributed by atoms with Crippen LogP contribution in [0.4, 0.5) is 5.69 Å². The summed E-state index contributed by atoms with van der Waals surface area (Å²) in [5, 5.41) is 13.9. The molecule has 166 valence electrons. The van der Waals surface area contributed by atoms with Crippen molar-refractivity contribution in [1.29, 1.82) is 0 Å². The molecular formula is C26H25N5OS. The second-order valence-corrected chi connectivity index (χ2v) is 8.75. The van der Waals surface area contributed by atoms with Gasteiger partial charge in [-0.1, -0.05) is 6.07 Å². The Bertz CT molecular complexity index is 1320. The molecule has 2 N–H and O–H groups in total. The molecule has 1 fully saturated rings. The highest BCUT2D eigenvalue weighted by Gasteiger charge is 2.42. The van der Waals surface area contributed by atoms with E-state index in [1.54, 1.807) is 18.3 Å². The van der Waals surface area contributed by atoms with Crippen LogP contribution in [-0.4, -0.2) is 24.8 Å². The molecule has 0 spiro atoms. The Kier molecular flexibility index (Phi) is 5.34. The van der Waals surface area contributed by atoms with E-state index in [1.165, 1.54) is 0 Å². The quantitative estimate of drug-likeness (QED) is 0.419. The predicted octanol–water partition coefficient (Wildman–Crippen LogP) is 5.08. The van der Waals surface area contributed by atoms with E-state index in [9.17, 15) is 5.11 Å². The minimum atomic E-state index is -0.132. The number of hydrogen-bond donors (Lipinski definition) is 2. The van der Waals surface area contributed by atoms with Gasteiger partial charge in [-0.3, -0.25) is 4.98 Å². The SMILES string of the molecule is Cc1ccnc(-n2c(C)cc([C@@H]3[C@@H](c4ccccn4)NC(=S)N3c3ccc(O)cc3)c2C)c1. The van der Waals surface area contributed by atoms with Gasteiger partial charge in [-0.2, -0.15) is 0 Å². The van der Waals surface area contributed by atoms with E-state index in [2.05, 4.69) is 57.7 Å². The van der Waals surface area contributed by atoms with Crippen molar-refractivity contribution in [3.63, 3.8) is 0 Å². The fraction of sp³-hybridized carbons (Fsp3) is 0.192. The van der Waals surface area contributed by atoms with Crippen LogP contribution in [0.1, 0.15) is 40.3 Å². The van der Waals surface area contributed by atoms with Gasteiger partial charge in [0.05, 0.1) is 17.8 Å². The van der Waals surface area contributed by atoms with Gasteiger partial charge in [0.25, 0.3) is 0 Å². The molecule has 7 heteroatoms. The van der Waals surface area contributed by atoms with E-state index in [4.69, 9.17) is 12.2 Å². The number of phenolic OH excluding ortho intramolecular Hbond substituents is 1. The maximum absolute atomic E-state index is 9.82. The van der Waals surface area contributed by atoms with E-state index >= 15 is 0 Å². The van der Waals surface area contributed by atoms with Crippen LogP contribution >= 0.6 is 12.2 Å². The van der Waals surface area contributed by atoms with Crippen LogP contribution in [0.3, 0.4) is 0 Å². The molecule has 0 radical (unpaired) electrons. The van der Waals surface area contributed by atoms with E-state index in [0.29, 0.717) is 5.11 Å². The Balaban J connectivity index is 1.68. The molecule has 0 saturated carbocycles. The summed E-state index contributed by atoms with van der Waals surface area (Å²) in [6, 6.07) is 19.1. The fourth-order valence-electron chi connectivity index (χ4n) is 4.64. The molecule has 1 aromatic carbocycles. The third-order valence-electron chi connectivity index (χ3n) is 6.15. The first-order valence-electron chi connectivity index (χ1n) is 10.9. The van der Waals surface area contributed by atoms with Crippen molar-refractivity contribution in [2.75, 3.05) is 4.90 Å². The second kappa shape index (κ2) is 8.33. The smallest absolute Gasteiger partial charge is 0.174 e. The minimum Gasteiger partial charge on any atom is -0.508 e. The molecule has 6 nitrogen and oxygen atoms in total. The number of hydrogen-bond acceptors (Lipinski definition) is 4. The summed E-state index contributed by atoms with van der Waals surface area (Å²) in [6.07, 6.45) is 3.65. The van der Waals surface area contributed by atoms with Crippen LogP contribution in [0.2, 0.25) is 0 Å². The zero-order chi connectivity index (χ0) is 23.1. The fourth-order valence-corrected chi connectivity index (χ4v) is 4.99. The van der Waals surface area contributed by atoms with Crippen LogP contribution in [0.15, 0.2) is 73.1 Å². The van der Waals surface area contributed by atoms with Gasteiger partial charge < -0.3 is 19.9 Å². The van der Waals surface area contributed by atoms with Crippen molar-refractivity contribution >= 4 is 23.0 Å². The first-order chi connectivity index (χ1) is 15.9. The van der Waals surface area contributed by atoms with Gasteiger partial charge in [-0.05, 0) is 98.7 Å². The molecule has 0 unspecified atom stereocenters. The maximum atomic E-state index is 9.82. The summed E-state index contributed by atoms with van der Waals surface area (Å²) in [4.78, 5) is 11.4. The largest absolute Gasteiger partial charge is 0.508 e. The van der Waals surface area contributed by atoms with Crippen molar-refractivity contribution in [1.82, 2.24) is 19.9 Å². The van der Waals surface area contributed by atoms with Gasteiger partial charge in [-0.25, -0.2) is 4.98 Å². The highest BCUT2D eigenvalue weighted by atomic mass is 32.1. The number of aromatic nitrogens is 3. The van der Waals surface area contributed by atoms with Gasteiger partial charge >= 0.3 is 0 Å². The molecule has 33 heavy (non-hydrogen) atoms. The lowest BCUT2D eigenvalue weighted by Gasteiger charge is -2.28. The van der Waals surface area contributed by atoms with Gasteiger partial charge in [-0.15, -0.1) is 0 Å². The summed E-state index contributed by atoms with van der Waals surface area (Å²) in [5.74, 6) is 1.12. The topological polar surface area (TPSA) is 66.2 Å². The monoisotopic (exact) mass is 455 g/mol.